The number of ether oxygens (including phenoxy) is 2. The second kappa shape index (κ2) is 6.96. The average molecular weight is 379 g/mol. The summed E-state index contributed by atoms with van der Waals surface area (Å²) < 4.78 is 13.7. The van der Waals surface area contributed by atoms with Gasteiger partial charge in [0.2, 0.25) is 5.65 Å². The minimum absolute atomic E-state index is 0.554. The van der Waals surface area contributed by atoms with Crippen LogP contribution in [0.3, 0.4) is 0 Å². The molecular weight excluding hydrogens is 354 g/mol. The highest BCUT2D eigenvalue weighted by atomic mass is 16.5. The molecule has 0 spiro atoms. The summed E-state index contributed by atoms with van der Waals surface area (Å²) >= 11 is 0. The van der Waals surface area contributed by atoms with Gasteiger partial charge in [0.05, 0.1) is 13.2 Å². The smallest absolute Gasteiger partial charge is 0.203 e. The minimum Gasteiger partial charge on any atom is -0.490 e. The Kier molecular flexibility index (Phi) is 4.30. The molecule has 2 aliphatic rings. The molecule has 1 aliphatic carbocycles. The number of fused-ring (bicyclic) bond motifs is 2. The van der Waals surface area contributed by atoms with Crippen molar-refractivity contribution in [2.45, 2.75) is 45.6 Å². The van der Waals surface area contributed by atoms with E-state index in [4.69, 9.17) is 9.47 Å². The number of rotatable bonds is 6. The van der Waals surface area contributed by atoms with Crippen LogP contribution < -0.4 is 14.4 Å². The molecule has 0 atom stereocenters. The van der Waals surface area contributed by atoms with E-state index in [9.17, 15) is 0 Å². The predicted molar refractivity (Wildman–Crippen MR) is 106 cm³/mol. The molecule has 3 heterocycles. The van der Waals surface area contributed by atoms with Gasteiger partial charge in [-0.25, -0.2) is 4.98 Å². The van der Waals surface area contributed by atoms with Crippen LogP contribution in [0.1, 0.15) is 49.6 Å². The Labute approximate surface area is 164 Å². The van der Waals surface area contributed by atoms with Crippen LogP contribution in [-0.4, -0.2) is 39.3 Å². The molecule has 0 saturated heterocycles. The first-order valence-corrected chi connectivity index (χ1v) is 10.1. The lowest BCUT2D eigenvalue weighted by molar-refractivity contribution is 0.287. The molecule has 7 heteroatoms. The van der Waals surface area contributed by atoms with E-state index in [1.54, 1.807) is 0 Å². The average Bonchev–Trinajstić information content (AvgIpc) is 3.46. The third-order valence-corrected chi connectivity index (χ3v) is 5.45. The zero-order chi connectivity index (χ0) is 19.1. The monoisotopic (exact) mass is 379 g/mol. The summed E-state index contributed by atoms with van der Waals surface area (Å²) in [6, 6.07) is 4.26. The molecular formula is C21H25N5O2. The van der Waals surface area contributed by atoms with Crippen molar-refractivity contribution in [3.8, 4) is 11.5 Å². The molecule has 2 aromatic heterocycles. The molecule has 1 saturated carbocycles. The molecule has 1 aromatic carbocycles. The van der Waals surface area contributed by atoms with E-state index < -0.39 is 0 Å². The molecule has 0 unspecified atom stereocenters. The maximum Gasteiger partial charge on any atom is 0.203 e. The quantitative estimate of drug-likeness (QED) is 0.654. The maximum atomic E-state index is 5.82. The number of hydrogen-bond acceptors (Lipinski definition) is 6. The van der Waals surface area contributed by atoms with Crippen molar-refractivity contribution in [2.24, 2.45) is 0 Å². The summed E-state index contributed by atoms with van der Waals surface area (Å²) in [7, 11) is 0. The van der Waals surface area contributed by atoms with Crippen LogP contribution in [0.2, 0.25) is 0 Å². The van der Waals surface area contributed by atoms with Gasteiger partial charge in [-0.3, -0.25) is 4.40 Å². The fourth-order valence-electron chi connectivity index (χ4n) is 3.96. The first-order valence-electron chi connectivity index (χ1n) is 10.1. The zero-order valence-corrected chi connectivity index (χ0v) is 16.4. The summed E-state index contributed by atoms with van der Waals surface area (Å²) in [4.78, 5) is 6.94. The fraction of sp³-hybridized carbons (Fsp3) is 0.476. The van der Waals surface area contributed by atoms with E-state index in [2.05, 4.69) is 36.6 Å². The first-order chi connectivity index (χ1) is 13.8. The van der Waals surface area contributed by atoms with Crippen LogP contribution in [0.4, 0.5) is 5.82 Å². The van der Waals surface area contributed by atoms with Gasteiger partial charge in [0.1, 0.15) is 5.82 Å². The fourth-order valence-corrected chi connectivity index (χ4v) is 3.96. The lowest BCUT2D eigenvalue weighted by Crippen LogP contribution is -2.31. The highest BCUT2D eigenvalue weighted by molar-refractivity contribution is 5.65. The Hall–Kier alpha value is -2.83. The molecule has 1 fully saturated rings. The van der Waals surface area contributed by atoms with E-state index in [1.807, 2.05) is 26.2 Å². The van der Waals surface area contributed by atoms with Crippen molar-refractivity contribution >= 4 is 11.5 Å². The summed E-state index contributed by atoms with van der Waals surface area (Å²) in [5.74, 6) is 4.17. The normalized spacial score (nSPS) is 16.3. The van der Waals surface area contributed by atoms with Crippen LogP contribution in [0.15, 0.2) is 24.5 Å². The number of anilines is 1. The SMILES string of the molecule is CCOc1cc2c(cc1OCC)CN(c1nccn3c(C4CC4)nnc13)CC2. The van der Waals surface area contributed by atoms with E-state index >= 15 is 0 Å². The maximum absolute atomic E-state index is 5.82. The van der Waals surface area contributed by atoms with Gasteiger partial charge >= 0.3 is 0 Å². The van der Waals surface area contributed by atoms with Gasteiger partial charge in [-0.2, -0.15) is 0 Å². The molecule has 3 aromatic rings. The third kappa shape index (κ3) is 2.95. The second-order valence-electron chi connectivity index (χ2n) is 7.38. The van der Waals surface area contributed by atoms with E-state index in [-0.39, 0.29) is 0 Å². The van der Waals surface area contributed by atoms with Crippen molar-refractivity contribution in [3.63, 3.8) is 0 Å². The summed E-state index contributed by atoms with van der Waals surface area (Å²) in [5, 5.41) is 8.90. The molecule has 0 bridgehead atoms. The van der Waals surface area contributed by atoms with Gasteiger partial charge < -0.3 is 14.4 Å². The Morgan fingerprint density at radius 2 is 1.79 bits per heavy atom. The predicted octanol–water partition coefficient (Wildman–Crippen LogP) is 3.36. The largest absolute Gasteiger partial charge is 0.490 e. The molecule has 146 valence electrons. The van der Waals surface area contributed by atoms with Gasteiger partial charge in [-0.05, 0) is 56.4 Å². The highest BCUT2D eigenvalue weighted by Gasteiger charge is 2.30. The summed E-state index contributed by atoms with van der Waals surface area (Å²) in [6.45, 7) is 6.91. The first kappa shape index (κ1) is 17.3. The van der Waals surface area contributed by atoms with Crippen LogP contribution in [0.5, 0.6) is 11.5 Å². The molecule has 0 N–H and O–H groups in total. The number of benzene rings is 1. The van der Waals surface area contributed by atoms with Crippen molar-refractivity contribution in [1.82, 2.24) is 19.6 Å². The lowest BCUT2D eigenvalue weighted by atomic mass is 9.99. The van der Waals surface area contributed by atoms with Gasteiger partial charge in [0, 0.05) is 31.4 Å². The van der Waals surface area contributed by atoms with Gasteiger partial charge in [-0.15, -0.1) is 10.2 Å². The zero-order valence-electron chi connectivity index (χ0n) is 16.4. The second-order valence-corrected chi connectivity index (χ2v) is 7.38. The van der Waals surface area contributed by atoms with Crippen LogP contribution in [0, 0.1) is 0 Å². The third-order valence-electron chi connectivity index (χ3n) is 5.45. The number of hydrogen-bond donors (Lipinski definition) is 0. The minimum atomic E-state index is 0.554. The number of aromatic nitrogens is 4. The Balaban J connectivity index is 1.49. The Morgan fingerprint density at radius 3 is 2.50 bits per heavy atom. The van der Waals surface area contributed by atoms with Crippen molar-refractivity contribution in [2.75, 3.05) is 24.7 Å². The van der Waals surface area contributed by atoms with Gasteiger partial charge in [0.25, 0.3) is 0 Å². The standard InChI is InChI=1S/C21H25N5O2/c1-3-27-17-11-15-7-9-25(13-16(15)12-18(17)28-4-2)20-21-24-23-19(14-5-6-14)26(21)10-8-22-20/h8,10-12,14H,3-7,9,13H2,1-2H3. The molecule has 7 nitrogen and oxygen atoms in total. The number of nitrogens with zero attached hydrogens (tertiary/aromatic N) is 5. The Bertz CT molecular complexity index is 1010. The Morgan fingerprint density at radius 1 is 1.04 bits per heavy atom. The molecule has 28 heavy (non-hydrogen) atoms. The van der Waals surface area contributed by atoms with Crippen molar-refractivity contribution < 1.29 is 9.47 Å². The topological polar surface area (TPSA) is 64.8 Å². The van der Waals surface area contributed by atoms with Crippen molar-refractivity contribution in [3.05, 3.63) is 41.5 Å². The van der Waals surface area contributed by atoms with Crippen LogP contribution >= 0.6 is 0 Å². The van der Waals surface area contributed by atoms with Crippen LogP contribution in [-0.2, 0) is 13.0 Å². The lowest BCUT2D eigenvalue weighted by Gasteiger charge is -2.30. The molecule has 1 aliphatic heterocycles. The van der Waals surface area contributed by atoms with Gasteiger partial charge in [-0.1, -0.05) is 0 Å². The van der Waals surface area contributed by atoms with E-state index in [1.165, 1.54) is 24.0 Å². The summed E-state index contributed by atoms with van der Waals surface area (Å²) in [6.07, 6.45) is 7.19. The molecule has 0 radical (unpaired) electrons. The summed E-state index contributed by atoms with van der Waals surface area (Å²) in [5.41, 5.74) is 3.42. The van der Waals surface area contributed by atoms with E-state index in [0.29, 0.717) is 19.1 Å². The van der Waals surface area contributed by atoms with Crippen molar-refractivity contribution in [1.29, 1.82) is 0 Å². The van der Waals surface area contributed by atoms with Crippen LogP contribution in [0.25, 0.3) is 5.65 Å². The molecule has 5 rings (SSSR count). The molecule has 0 amide bonds. The highest BCUT2D eigenvalue weighted by Crippen LogP contribution is 2.40. The van der Waals surface area contributed by atoms with Gasteiger partial charge in [0.15, 0.2) is 17.3 Å². The van der Waals surface area contributed by atoms with E-state index in [0.717, 1.165) is 48.3 Å².